The van der Waals surface area contributed by atoms with E-state index in [1.165, 1.54) is 128 Å². The van der Waals surface area contributed by atoms with Crippen molar-refractivity contribution in [1.29, 1.82) is 0 Å². The molecule has 0 N–H and O–H groups in total. The van der Waals surface area contributed by atoms with Gasteiger partial charge in [-0.25, -0.2) is 0 Å². The van der Waals surface area contributed by atoms with Gasteiger partial charge in [0.2, 0.25) is 0 Å². The quantitative estimate of drug-likeness (QED) is 0.0261. The van der Waals surface area contributed by atoms with Crippen LogP contribution in [0.15, 0.2) is 109 Å². The maximum atomic E-state index is 12.9. The Hall–Kier alpha value is -3.93. The van der Waals surface area contributed by atoms with Crippen LogP contribution in [0.4, 0.5) is 0 Å². The summed E-state index contributed by atoms with van der Waals surface area (Å²) in [5.41, 5.74) is 0. The number of hydrogen-bond acceptors (Lipinski definition) is 6. The van der Waals surface area contributed by atoms with Crippen LogP contribution in [0, 0.1) is 0 Å². The summed E-state index contributed by atoms with van der Waals surface area (Å²) in [6.45, 7) is 6.44. The molecule has 0 spiro atoms. The van der Waals surface area contributed by atoms with Crippen molar-refractivity contribution in [2.24, 2.45) is 0 Å². The molecule has 0 heterocycles. The van der Waals surface area contributed by atoms with Gasteiger partial charge in [-0.1, -0.05) is 265 Å². The van der Waals surface area contributed by atoms with Gasteiger partial charge in [-0.3, -0.25) is 14.4 Å². The molecule has 0 amide bonds. The molecule has 416 valence electrons. The minimum Gasteiger partial charge on any atom is -0.462 e. The molecular formula is C67H112O6. The number of allylic oxidation sites excluding steroid dienone is 18. The summed E-state index contributed by atoms with van der Waals surface area (Å²) in [5, 5.41) is 0. The first-order chi connectivity index (χ1) is 36.0. The summed E-state index contributed by atoms with van der Waals surface area (Å²) >= 11 is 0. The number of unbranched alkanes of at least 4 members (excludes halogenated alkanes) is 25. The van der Waals surface area contributed by atoms with Crippen LogP contribution >= 0.6 is 0 Å². The average molecular weight is 1010 g/mol. The highest BCUT2D eigenvalue weighted by Gasteiger charge is 2.19. The summed E-state index contributed by atoms with van der Waals surface area (Å²) in [4.78, 5) is 38.2. The van der Waals surface area contributed by atoms with Crippen molar-refractivity contribution < 1.29 is 28.6 Å². The van der Waals surface area contributed by atoms with Crippen LogP contribution in [0.3, 0.4) is 0 Å². The number of carbonyl (C=O) groups is 3. The first kappa shape index (κ1) is 69.1. The van der Waals surface area contributed by atoms with Crippen molar-refractivity contribution in [1.82, 2.24) is 0 Å². The van der Waals surface area contributed by atoms with E-state index >= 15 is 0 Å². The van der Waals surface area contributed by atoms with E-state index in [9.17, 15) is 14.4 Å². The molecule has 0 aromatic rings. The highest BCUT2D eigenvalue weighted by atomic mass is 16.6. The van der Waals surface area contributed by atoms with Gasteiger partial charge in [-0.2, -0.15) is 0 Å². The zero-order valence-electron chi connectivity index (χ0n) is 47.6. The lowest BCUT2D eigenvalue weighted by Gasteiger charge is -2.18. The molecule has 0 aromatic heterocycles. The predicted octanol–water partition coefficient (Wildman–Crippen LogP) is 20.7. The largest absolute Gasteiger partial charge is 0.462 e. The summed E-state index contributed by atoms with van der Waals surface area (Å²) in [6.07, 6.45) is 82.3. The third-order valence-electron chi connectivity index (χ3n) is 12.8. The Morgan fingerprint density at radius 2 is 0.548 bits per heavy atom. The third-order valence-corrected chi connectivity index (χ3v) is 12.8. The predicted molar refractivity (Wildman–Crippen MR) is 316 cm³/mol. The van der Waals surface area contributed by atoms with Gasteiger partial charge in [0.15, 0.2) is 6.10 Å². The van der Waals surface area contributed by atoms with Gasteiger partial charge in [0, 0.05) is 19.3 Å². The van der Waals surface area contributed by atoms with E-state index in [0.717, 1.165) is 96.3 Å². The van der Waals surface area contributed by atoms with Gasteiger partial charge in [-0.05, 0) is 103 Å². The van der Waals surface area contributed by atoms with Crippen molar-refractivity contribution >= 4 is 17.9 Å². The van der Waals surface area contributed by atoms with Gasteiger partial charge in [0.25, 0.3) is 0 Å². The molecule has 0 aliphatic rings. The monoisotopic (exact) mass is 1010 g/mol. The Kier molecular flexibility index (Phi) is 57.4. The van der Waals surface area contributed by atoms with Crippen LogP contribution in [0.5, 0.6) is 0 Å². The van der Waals surface area contributed by atoms with E-state index in [-0.39, 0.29) is 44.0 Å². The lowest BCUT2D eigenvalue weighted by molar-refractivity contribution is -0.167. The Balaban J connectivity index is 4.51. The summed E-state index contributed by atoms with van der Waals surface area (Å²) in [5.74, 6) is -0.995. The van der Waals surface area contributed by atoms with Gasteiger partial charge in [0.05, 0.1) is 0 Å². The van der Waals surface area contributed by atoms with Gasteiger partial charge in [-0.15, -0.1) is 0 Å². The number of esters is 3. The molecule has 0 rings (SSSR count). The molecule has 0 aromatic carbocycles. The fourth-order valence-electron chi connectivity index (χ4n) is 8.23. The fraction of sp³-hybridized carbons (Fsp3) is 0.687. The lowest BCUT2D eigenvalue weighted by Crippen LogP contribution is -2.30. The maximum absolute atomic E-state index is 12.9. The van der Waals surface area contributed by atoms with Crippen molar-refractivity contribution in [2.75, 3.05) is 13.2 Å². The molecule has 0 aliphatic carbocycles. The van der Waals surface area contributed by atoms with Gasteiger partial charge in [0.1, 0.15) is 13.2 Å². The Labute approximate surface area is 450 Å². The molecule has 73 heavy (non-hydrogen) atoms. The Morgan fingerprint density at radius 1 is 0.288 bits per heavy atom. The summed E-state index contributed by atoms with van der Waals surface area (Å²) in [6, 6.07) is 0. The lowest BCUT2D eigenvalue weighted by atomic mass is 10.0. The van der Waals surface area contributed by atoms with E-state index in [2.05, 4.69) is 130 Å². The zero-order chi connectivity index (χ0) is 52.9. The highest BCUT2D eigenvalue weighted by Crippen LogP contribution is 2.16. The van der Waals surface area contributed by atoms with Crippen LogP contribution in [-0.2, 0) is 28.6 Å². The van der Waals surface area contributed by atoms with E-state index in [4.69, 9.17) is 14.2 Å². The van der Waals surface area contributed by atoms with Crippen molar-refractivity contribution in [3.63, 3.8) is 0 Å². The van der Waals surface area contributed by atoms with Crippen molar-refractivity contribution in [3.8, 4) is 0 Å². The molecule has 0 aliphatic heterocycles. The van der Waals surface area contributed by atoms with Crippen LogP contribution < -0.4 is 0 Å². The van der Waals surface area contributed by atoms with Gasteiger partial charge >= 0.3 is 17.9 Å². The fourth-order valence-corrected chi connectivity index (χ4v) is 8.23. The van der Waals surface area contributed by atoms with Crippen molar-refractivity contribution in [3.05, 3.63) is 109 Å². The maximum Gasteiger partial charge on any atom is 0.306 e. The molecule has 0 saturated carbocycles. The van der Waals surface area contributed by atoms with Crippen LogP contribution in [0.1, 0.15) is 278 Å². The second-order valence-corrected chi connectivity index (χ2v) is 19.9. The first-order valence-corrected chi connectivity index (χ1v) is 30.4. The van der Waals surface area contributed by atoms with Gasteiger partial charge < -0.3 is 14.2 Å². The third kappa shape index (κ3) is 58.8. The van der Waals surface area contributed by atoms with Crippen LogP contribution in [0.2, 0.25) is 0 Å². The normalized spacial score (nSPS) is 12.9. The molecule has 1 atom stereocenters. The molecule has 0 unspecified atom stereocenters. The highest BCUT2D eigenvalue weighted by molar-refractivity contribution is 5.71. The molecular weight excluding hydrogens is 901 g/mol. The molecule has 0 fully saturated rings. The Bertz CT molecular complexity index is 1490. The summed E-state index contributed by atoms with van der Waals surface area (Å²) in [7, 11) is 0. The molecule has 0 radical (unpaired) electrons. The standard InChI is InChI=1S/C67H112O6/c1-4-7-10-13-16-19-22-25-28-31-33-36-39-42-45-48-51-54-57-60-66(69)72-63-64(62-71-65(68)59-56-53-50-47-44-41-38-35-30-27-24-21-18-15-12-9-6-3)73-67(70)61-58-55-52-49-46-43-40-37-34-32-29-26-23-20-17-14-11-8-5-2/h9,12,17-18,20-21,26-27,29-30,34,37-38,41,43,46-47,50,64H,4-8,10-11,13-16,19,22-25,28,31-33,35-36,39-40,42,44-45,48-49,51-63H2,1-3H3/b12-9-,20-17-,21-18-,29-26-,30-27-,37-34-,41-38-,46-43-,50-47-/t64-/m1/s1. The van der Waals surface area contributed by atoms with E-state index < -0.39 is 6.10 Å². The molecule has 0 saturated heterocycles. The minimum absolute atomic E-state index is 0.108. The SMILES string of the molecule is CC/C=C\C/C=C\C/C=C\C/C=C\C/C=C\CCCC(=O)OC[C@H](COC(=O)CCCCCCCCCCCCCCCCCCCCC)OC(=O)CCCCC/C=C\C/C=C\C/C=C\C/C=C\CCCCC. The zero-order valence-corrected chi connectivity index (χ0v) is 47.6. The van der Waals surface area contributed by atoms with Crippen LogP contribution in [-0.4, -0.2) is 37.2 Å². The van der Waals surface area contributed by atoms with E-state index in [0.29, 0.717) is 19.3 Å². The second kappa shape index (κ2) is 60.6. The van der Waals surface area contributed by atoms with Crippen molar-refractivity contribution in [2.45, 2.75) is 284 Å². The number of hydrogen-bond donors (Lipinski definition) is 0. The molecule has 0 bridgehead atoms. The topological polar surface area (TPSA) is 78.9 Å². The number of ether oxygens (including phenoxy) is 3. The molecule has 6 nitrogen and oxygen atoms in total. The average Bonchev–Trinajstić information content (AvgIpc) is 3.39. The molecule has 6 heteroatoms. The van der Waals surface area contributed by atoms with E-state index in [1.54, 1.807) is 0 Å². The number of carbonyl (C=O) groups excluding carboxylic acids is 3. The number of rotatable bonds is 54. The first-order valence-electron chi connectivity index (χ1n) is 30.4. The minimum atomic E-state index is -0.819. The van der Waals surface area contributed by atoms with E-state index in [1.807, 2.05) is 0 Å². The Morgan fingerprint density at radius 3 is 0.918 bits per heavy atom. The smallest absolute Gasteiger partial charge is 0.306 e. The van der Waals surface area contributed by atoms with Crippen LogP contribution in [0.25, 0.3) is 0 Å². The second-order valence-electron chi connectivity index (χ2n) is 19.9. The summed E-state index contributed by atoms with van der Waals surface area (Å²) < 4.78 is 16.8.